The van der Waals surface area contributed by atoms with Crippen LogP contribution >= 0.6 is 0 Å². The van der Waals surface area contributed by atoms with Gasteiger partial charge in [0.25, 0.3) is 0 Å². The van der Waals surface area contributed by atoms with E-state index in [1.165, 1.54) is 0 Å². The smallest absolute Gasteiger partial charge is 0.336 e. The quantitative estimate of drug-likeness (QED) is 0.385. The number of isocyanates is 1. The number of hydrogen-bond donors (Lipinski definition) is 0. The Hall–Kier alpha value is -0.483. The van der Waals surface area contributed by atoms with Crippen LogP contribution in [0.3, 0.4) is 0 Å². The molecule has 0 aliphatic heterocycles. The van der Waals surface area contributed by atoms with Gasteiger partial charge in [-0.15, -0.1) is 0 Å². The summed E-state index contributed by atoms with van der Waals surface area (Å²) in [6.07, 6.45) is 2.73. The maximum atomic E-state index is 10.4. The zero-order valence-electron chi connectivity index (χ0n) is 12.7. The summed E-state index contributed by atoms with van der Waals surface area (Å²) in [6, 6.07) is 0.903. The van der Waals surface area contributed by atoms with Crippen LogP contribution in [0.1, 0.15) is 48.0 Å². The monoisotopic (exact) mass is 273 g/mol. The Kier molecular flexibility index (Phi) is 7.00. The van der Waals surface area contributed by atoms with E-state index in [-0.39, 0.29) is 6.10 Å². The number of nitrogens with zero attached hydrogens (tertiary/aromatic N) is 1. The first-order chi connectivity index (χ1) is 8.10. The highest BCUT2D eigenvalue weighted by molar-refractivity contribution is 6.66. The van der Waals surface area contributed by atoms with E-state index in [2.05, 4.69) is 18.8 Å². The Bertz CT molecular complexity index is 299. The van der Waals surface area contributed by atoms with Crippen LogP contribution in [0.25, 0.3) is 0 Å². The number of hydrogen-bond acceptors (Lipinski definition) is 4. The molecule has 0 aliphatic carbocycles. The fourth-order valence-electron chi connectivity index (χ4n) is 1.84. The third kappa shape index (κ3) is 7.77. The second-order valence-electron chi connectivity index (χ2n) is 5.98. The molecule has 0 aromatic heterocycles. The fraction of sp³-hybridized carbons (Fsp3) is 0.923. The van der Waals surface area contributed by atoms with Crippen molar-refractivity contribution in [3.05, 3.63) is 0 Å². The third-order valence-electron chi connectivity index (χ3n) is 2.44. The van der Waals surface area contributed by atoms with Crippen LogP contribution in [-0.2, 0) is 13.6 Å². The fourth-order valence-corrected chi connectivity index (χ4v) is 5.31. The molecule has 0 radical (unpaired) electrons. The molecule has 0 rings (SSSR count). The van der Waals surface area contributed by atoms with E-state index in [0.717, 1.165) is 12.5 Å². The van der Waals surface area contributed by atoms with Crippen molar-refractivity contribution in [2.75, 3.05) is 0 Å². The predicted molar refractivity (Wildman–Crippen MR) is 75.4 cm³/mol. The molecule has 0 aliphatic rings. The van der Waals surface area contributed by atoms with Gasteiger partial charge in [-0.1, -0.05) is 13.8 Å². The minimum Gasteiger partial charge on any atom is -0.392 e. The van der Waals surface area contributed by atoms with Crippen LogP contribution < -0.4 is 0 Å². The first-order valence-electron chi connectivity index (χ1n) is 6.57. The van der Waals surface area contributed by atoms with E-state index >= 15 is 0 Å². The Morgan fingerprint density at radius 3 is 2.22 bits per heavy atom. The van der Waals surface area contributed by atoms with Crippen molar-refractivity contribution in [2.24, 2.45) is 10.9 Å². The first-order valence-corrected chi connectivity index (χ1v) is 9.09. The van der Waals surface area contributed by atoms with Gasteiger partial charge in [0.2, 0.25) is 6.08 Å². The lowest BCUT2D eigenvalue weighted by molar-refractivity contribution is 0.0444. The van der Waals surface area contributed by atoms with Gasteiger partial charge in [-0.05, 0) is 52.6 Å². The van der Waals surface area contributed by atoms with E-state index in [4.69, 9.17) is 8.85 Å². The summed E-state index contributed by atoms with van der Waals surface area (Å²) in [5.41, 5.74) is -0.853. The summed E-state index contributed by atoms with van der Waals surface area (Å²) in [5, 5.41) is 0. The summed E-state index contributed by atoms with van der Waals surface area (Å²) in [5.74, 6) is 0.605. The van der Waals surface area contributed by atoms with Crippen molar-refractivity contribution in [2.45, 2.75) is 72.4 Å². The molecule has 0 aromatic carbocycles. The predicted octanol–water partition coefficient (Wildman–Crippen LogP) is 3.62. The zero-order valence-corrected chi connectivity index (χ0v) is 13.7. The van der Waals surface area contributed by atoms with E-state index < -0.39 is 14.3 Å². The SMILES string of the molecule is CC(C)CC[Si](C)(OC(C)C)OC(C)(C)N=C=O. The van der Waals surface area contributed by atoms with Crippen LogP contribution in [0, 0.1) is 5.92 Å². The maximum Gasteiger partial charge on any atom is 0.336 e. The van der Waals surface area contributed by atoms with Gasteiger partial charge in [0.05, 0.1) is 0 Å². The zero-order chi connectivity index (χ0) is 14.4. The summed E-state index contributed by atoms with van der Waals surface area (Å²) in [4.78, 5) is 14.1. The number of rotatable bonds is 8. The minimum atomic E-state index is -2.32. The van der Waals surface area contributed by atoms with Crippen molar-refractivity contribution in [1.29, 1.82) is 0 Å². The summed E-state index contributed by atoms with van der Waals surface area (Å²) < 4.78 is 12.0. The average molecular weight is 273 g/mol. The van der Waals surface area contributed by atoms with Gasteiger partial charge in [0.15, 0.2) is 5.72 Å². The molecule has 0 heterocycles. The normalized spacial score (nSPS) is 15.6. The number of carbonyl (C=O) groups excluding carboxylic acids is 1. The molecule has 0 fully saturated rings. The van der Waals surface area contributed by atoms with Crippen molar-refractivity contribution in [1.82, 2.24) is 0 Å². The van der Waals surface area contributed by atoms with E-state index in [1.807, 2.05) is 20.4 Å². The minimum absolute atomic E-state index is 0.116. The van der Waals surface area contributed by atoms with Crippen molar-refractivity contribution >= 4 is 14.6 Å². The van der Waals surface area contributed by atoms with Crippen LogP contribution in [0.4, 0.5) is 0 Å². The average Bonchev–Trinajstić information content (AvgIpc) is 2.12. The van der Waals surface area contributed by atoms with Gasteiger partial charge in [-0.3, -0.25) is 0 Å². The molecule has 0 amide bonds. The highest BCUT2D eigenvalue weighted by Gasteiger charge is 2.38. The molecule has 1 unspecified atom stereocenters. The van der Waals surface area contributed by atoms with Crippen molar-refractivity contribution in [3.63, 3.8) is 0 Å². The van der Waals surface area contributed by atoms with Gasteiger partial charge in [-0.2, -0.15) is 4.99 Å². The summed E-state index contributed by atoms with van der Waals surface area (Å²) in [7, 11) is -2.32. The largest absolute Gasteiger partial charge is 0.392 e. The van der Waals surface area contributed by atoms with Crippen LogP contribution in [0.2, 0.25) is 12.6 Å². The van der Waals surface area contributed by atoms with Gasteiger partial charge in [-0.25, -0.2) is 4.79 Å². The summed E-state index contributed by atoms with van der Waals surface area (Å²) in [6.45, 7) is 13.9. The molecule has 0 spiro atoms. The highest BCUT2D eigenvalue weighted by atomic mass is 28.4. The van der Waals surface area contributed by atoms with Crippen LogP contribution in [0.5, 0.6) is 0 Å². The number of aliphatic imine (C=N–C) groups is 1. The Morgan fingerprint density at radius 1 is 1.28 bits per heavy atom. The summed E-state index contributed by atoms with van der Waals surface area (Å²) >= 11 is 0. The van der Waals surface area contributed by atoms with Crippen LogP contribution in [0.15, 0.2) is 4.99 Å². The Labute approximate surface area is 112 Å². The Morgan fingerprint density at radius 2 is 1.83 bits per heavy atom. The van der Waals surface area contributed by atoms with Crippen molar-refractivity contribution in [3.8, 4) is 0 Å². The molecule has 0 saturated carbocycles. The highest BCUT2D eigenvalue weighted by Crippen LogP contribution is 2.26. The molecule has 0 N–H and O–H groups in total. The molecule has 1 atom stereocenters. The molecule has 5 heteroatoms. The van der Waals surface area contributed by atoms with Gasteiger partial charge in [0.1, 0.15) is 0 Å². The third-order valence-corrected chi connectivity index (χ3v) is 5.54. The van der Waals surface area contributed by atoms with Gasteiger partial charge in [0, 0.05) is 6.10 Å². The lowest BCUT2D eigenvalue weighted by atomic mass is 10.2. The standard InChI is InChI=1S/C13H27NO3Si/c1-11(2)8-9-18(7,16-12(3)4)17-13(5,6)14-10-15/h11-12H,8-9H2,1-7H3. The van der Waals surface area contributed by atoms with E-state index in [1.54, 1.807) is 19.9 Å². The molecule has 4 nitrogen and oxygen atoms in total. The lowest BCUT2D eigenvalue weighted by Crippen LogP contribution is -2.47. The lowest BCUT2D eigenvalue weighted by Gasteiger charge is -2.35. The van der Waals surface area contributed by atoms with Gasteiger partial charge < -0.3 is 8.85 Å². The molecular formula is C13H27NO3Si. The van der Waals surface area contributed by atoms with Crippen LogP contribution in [-0.4, -0.2) is 26.5 Å². The maximum absolute atomic E-state index is 10.4. The van der Waals surface area contributed by atoms with E-state index in [9.17, 15) is 4.79 Å². The molecule has 106 valence electrons. The second-order valence-corrected chi connectivity index (χ2v) is 9.19. The van der Waals surface area contributed by atoms with Crippen molar-refractivity contribution < 1.29 is 13.6 Å². The second kappa shape index (κ2) is 7.19. The molecular weight excluding hydrogens is 246 g/mol. The Balaban J connectivity index is 4.80. The molecule has 0 bridgehead atoms. The van der Waals surface area contributed by atoms with E-state index in [0.29, 0.717) is 5.92 Å². The topological polar surface area (TPSA) is 47.9 Å². The molecule has 0 aromatic rings. The first kappa shape index (κ1) is 17.5. The van der Waals surface area contributed by atoms with Gasteiger partial charge >= 0.3 is 8.56 Å². The molecule has 0 saturated heterocycles. The molecule has 18 heavy (non-hydrogen) atoms.